The highest BCUT2D eigenvalue weighted by molar-refractivity contribution is 5.99. The Bertz CT molecular complexity index is 1420. The molecule has 40 heavy (non-hydrogen) atoms. The molecule has 3 atom stereocenters. The second-order valence-corrected chi connectivity index (χ2v) is 11.3. The standard InChI is InChI=1S/C28H32F4N4O4/c1-15-10-18(14-27(3,4)13-15)36-23-12-21(29)20(24(37)35(5)16(2)25(38)39)11-22(23)34-26(36)33-17-6-8-19(9-7-17)40-28(30,31)32/h6-9,11-12,15-16,18H,10,13-14H2,1-5H3,(H,33,34)(H,38,39)/t15-,16-,18+/m1/s1. The number of imidazole rings is 1. The Hall–Kier alpha value is -3.83. The summed E-state index contributed by atoms with van der Waals surface area (Å²) in [5, 5.41) is 12.4. The number of aromatic nitrogens is 2. The molecule has 0 spiro atoms. The molecule has 1 aromatic heterocycles. The Morgan fingerprint density at radius 1 is 1.20 bits per heavy atom. The number of carboxylic acid groups (broad SMARTS) is 1. The van der Waals surface area contributed by atoms with E-state index < -0.39 is 30.1 Å². The van der Waals surface area contributed by atoms with E-state index in [1.54, 1.807) is 0 Å². The number of aliphatic carboxylic acids is 1. The van der Waals surface area contributed by atoms with E-state index in [1.807, 2.05) is 4.57 Å². The first-order valence-electron chi connectivity index (χ1n) is 12.9. The maximum absolute atomic E-state index is 15.4. The van der Waals surface area contributed by atoms with Gasteiger partial charge in [-0.25, -0.2) is 14.2 Å². The van der Waals surface area contributed by atoms with Crippen LogP contribution in [-0.2, 0) is 4.79 Å². The van der Waals surface area contributed by atoms with E-state index in [9.17, 15) is 27.9 Å². The van der Waals surface area contributed by atoms with Crippen LogP contribution in [0, 0.1) is 17.2 Å². The molecule has 12 heteroatoms. The van der Waals surface area contributed by atoms with E-state index in [1.165, 1.54) is 50.4 Å². The lowest BCUT2D eigenvalue weighted by molar-refractivity contribution is -0.274. The first-order valence-corrected chi connectivity index (χ1v) is 12.9. The average Bonchev–Trinajstić information content (AvgIpc) is 3.17. The average molecular weight is 565 g/mol. The normalized spacial score (nSPS) is 19.7. The minimum absolute atomic E-state index is 0.00306. The summed E-state index contributed by atoms with van der Waals surface area (Å²) in [7, 11) is 1.29. The third kappa shape index (κ3) is 6.31. The van der Waals surface area contributed by atoms with Gasteiger partial charge in [-0.15, -0.1) is 13.2 Å². The molecule has 1 fully saturated rings. The molecule has 2 aromatic carbocycles. The number of likely N-dealkylation sites (N-methyl/N-ethyl adjacent to an activating group) is 1. The monoisotopic (exact) mass is 564 g/mol. The van der Waals surface area contributed by atoms with Crippen LogP contribution >= 0.6 is 0 Å². The van der Waals surface area contributed by atoms with Gasteiger partial charge in [0.2, 0.25) is 5.95 Å². The van der Waals surface area contributed by atoms with Crippen LogP contribution in [0.2, 0.25) is 0 Å². The molecular weight excluding hydrogens is 532 g/mol. The number of rotatable bonds is 7. The fraction of sp³-hybridized carbons (Fsp3) is 0.464. The number of hydrogen-bond acceptors (Lipinski definition) is 5. The minimum atomic E-state index is -4.82. The first kappa shape index (κ1) is 29.2. The third-order valence-corrected chi connectivity index (χ3v) is 7.34. The van der Waals surface area contributed by atoms with E-state index in [4.69, 9.17) is 0 Å². The molecule has 0 unspecified atom stereocenters. The van der Waals surface area contributed by atoms with Gasteiger partial charge in [0, 0.05) is 24.8 Å². The number of carboxylic acids is 1. The van der Waals surface area contributed by atoms with E-state index in [2.05, 4.69) is 35.8 Å². The first-order chi connectivity index (χ1) is 18.5. The summed E-state index contributed by atoms with van der Waals surface area (Å²) in [4.78, 5) is 29.9. The number of amides is 1. The van der Waals surface area contributed by atoms with E-state index in [0.29, 0.717) is 28.6 Å². The van der Waals surface area contributed by atoms with Crippen LogP contribution in [0.25, 0.3) is 11.0 Å². The van der Waals surface area contributed by atoms with Crippen molar-refractivity contribution >= 4 is 34.5 Å². The predicted octanol–water partition coefficient (Wildman–Crippen LogP) is 6.75. The van der Waals surface area contributed by atoms with Crippen molar-refractivity contribution in [2.75, 3.05) is 12.4 Å². The van der Waals surface area contributed by atoms with Crippen LogP contribution in [0.4, 0.5) is 29.2 Å². The Morgan fingerprint density at radius 3 is 2.42 bits per heavy atom. The van der Waals surface area contributed by atoms with Gasteiger partial charge in [0.25, 0.3) is 5.91 Å². The molecule has 1 amide bonds. The molecule has 1 aliphatic carbocycles. The van der Waals surface area contributed by atoms with Gasteiger partial charge in [-0.1, -0.05) is 20.8 Å². The maximum atomic E-state index is 15.4. The lowest BCUT2D eigenvalue weighted by Crippen LogP contribution is -2.40. The molecule has 4 rings (SSSR count). The summed E-state index contributed by atoms with van der Waals surface area (Å²) in [5.41, 5.74) is 0.872. The van der Waals surface area contributed by atoms with Crippen LogP contribution in [0.1, 0.15) is 63.4 Å². The zero-order chi connectivity index (χ0) is 29.6. The highest BCUT2D eigenvalue weighted by atomic mass is 19.4. The van der Waals surface area contributed by atoms with Gasteiger partial charge in [0.05, 0.1) is 16.6 Å². The zero-order valence-corrected chi connectivity index (χ0v) is 22.8. The number of nitrogens with one attached hydrogen (secondary N) is 1. The predicted molar refractivity (Wildman–Crippen MR) is 141 cm³/mol. The van der Waals surface area contributed by atoms with Crippen LogP contribution < -0.4 is 10.1 Å². The Labute approximate surface area is 228 Å². The van der Waals surface area contributed by atoms with Gasteiger partial charge in [-0.05, 0) is 67.9 Å². The zero-order valence-electron chi connectivity index (χ0n) is 22.8. The van der Waals surface area contributed by atoms with Crippen LogP contribution in [-0.4, -0.2) is 50.9 Å². The Morgan fingerprint density at radius 2 is 1.85 bits per heavy atom. The molecule has 1 heterocycles. The highest BCUT2D eigenvalue weighted by Gasteiger charge is 2.35. The molecule has 0 aliphatic heterocycles. The van der Waals surface area contributed by atoms with Gasteiger partial charge in [0.1, 0.15) is 17.6 Å². The Kier molecular flexibility index (Phi) is 7.75. The van der Waals surface area contributed by atoms with Crippen molar-refractivity contribution < 1.29 is 37.0 Å². The van der Waals surface area contributed by atoms with E-state index >= 15 is 4.39 Å². The molecule has 8 nitrogen and oxygen atoms in total. The number of benzene rings is 2. The van der Waals surface area contributed by atoms with Gasteiger partial charge in [-0.3, -0.25) is 4.79 Å². The van der Waals surface area contributed by atoms with E-state index in [-0.39, 0.29) is 22.8 Å². The number of ether oxygens (including phenoxy) is 1. The number of fused-ring (bicyclic) bond motifs is 1. The van der Waals surface area contributed by atoms with Crippen molar-refractivity contribution in [2.45, 2.75) is 65.4 Å². The number of anilines is 2. The third-order valence-electron chi connectivity index (χ3n) is 7.34. The van der Waals surface area contributed by atoms with Crippen molar-refractivity contribution in [3.63, 3.8) is 0 Å². The number of carbonyl (C=O) groups excluding carboxylic acids is 1. The maximum Gasteiger partial charge on any atom is 0.573 e. The van der Waals surface area contributed by atoms with Gasteiger partial charge in [0.15, 0.2) is 0 Å². The molecule has 2 N–H and O–H groups in total. The second-order valence-electron chi connectivity index (χ2n) is 11.3. The fourth-order valence-corrected chi connectivity index (χ4v) is 5.63. The van der Waals surface area contributed by atoms with Gasteiger partial charge in [-0.2, -0.15) is 0 Å². The van der Waals surface area contributed by atoms with Gasteiger partial charge >= 0.3 is 12.3 Å². The van der Waals surface area contributed by atoms with Crippen molar-refractivity contribution in [2.24, 2.45) is 11.3 Å². The van der Waals surface area contributed by atoms with Gasteiger partial charge < -0.3 is 24.6 Å². The van der Waals surface area contributed by atoms with Crippen molar-refractivity contribution in [3.8, 4) is 5.75 Å². The summed E-state index contributed by atoms with van der Waals surface area (Å²) in [6.45, 7) is 7.80. The van der Waals surface area contributed by atoms with Crippen LogP contribution in [0.3, 0.4) is 0 Å². The molecule has 1 aliphatic rings. The number of hydrogen-bond donors (Lipinski definition) is 2. The molecule has 0 radical (unpaired) electrons. The quantitative estimate of drug-likeness (QED) is 0.308. The molecule has 1 saturated carbocycles. The highest BCUT2D eigenvalue weighted by Crippen LogP contribution is 2.46. The molecule has 0 saturated heterocycles. The molecule has 216 valence electrons. The van der Waals surface area contributed by atoms with Crippen molar-refractivity contribution in [1.82, 2.24) is 14.5 Å². The SMILES string of the molecule is C[C@@H]1C[C@H](n2c(Nc3ccc(OC(F)(F)F)cc3)nc3cc(C(=O)N(C)[C@H](C)C(=O)O)c(F)cc32)CC(C)(C)C1. The van der Waals surface area contributed by atoms with Crippen LogP contribution in [0.15, 0.2) is 36.4 Å². The molecule has 0 bridgehead atoms. The molecular formula is C28H32F4N4O4. The number of carbonyl (C=O) groups is 2. The van der Waals surface area contributed by atoms with Crippen molar-refractivity contribution in [3.05, 3.63) is 47.8 Å². The lowest BCUT2D eigenvalue weighted by atomic mass is 9.70. The summed E-state index contributed by atoms with van der Waals surface area (Å²) in [5.74, 6) is -2.51. The fourth-order valence-electron chi connectivity index (χ4n) is 5.63. The van der Waals surface area contributed by atoms with E-state index in [0.717, 1.165) is 24.2 Å². The summed E-state index contributed by atoms with van der Waals surface area (Å²) < 4.78 is 59.0. The molecule has 3 aromatic rings. The minimum Gasteiger partial charge on any atom is -0.480 e. The number of nitrogens with zero attached hydrogens (tertiary/aromatic N) is 3. The number of alkyl halides is 3. The second kappa shape index (κ2) is 10.6. The smallest absolute Gasteiger partial charge is 0.480 e. The topological polar surface area (TPSA) is 96.7 Å². The van der Waals surface area contributed by atoms with Crippen molar-refractivity contribution in [1.29, 1.82) is 0 Å². The largest absolute Gasteiger partial charge is 0.573 e. The Balaban J connectivity index is 1.78. The number of halogens is 4. The lowest BCUT2D eigenvalue weighted by Gasteiger charge is -2.40. The summed E-state index contributed by atoms with van der Waals surface area (Å²) in [6, 6.07) is 6.45. The van der Waals surface area contributed by atoms with Crippen LogP contribution in [0.5, 0.6) is 5.75 Å². The summed E-state index contributed by atoms with van der Waals surface area (Å²) >= 11 is 0. The summed E-state index contributed by atoms with van der Waals surface area (Å²) in [6.07, 6.45) is -2.23.